The Labute approximate surface area is 45.4 Å². The number of azide groups is 1. The summed E-state index contributed by atoms with van der Waals surface area (Å²) in [6.45, 7) is 0. The highest BCUT2D eigenvalue weighted by Crippen LogP contribution is 2.08. The number of furan rings is 1. The summed E-state index contributed by atoms with van der Waals surface area (Å²) in [4.78, 5) is 2.51. The van der Waals surface area contributed by atoms with Gasteiger partial charge < -0.3 is 4.42 Å². The Morgan fingerprint density at radius 1 is 1.88 bits per heavy atom. The summed E-state index contributed by atoms with van der Waals surface area (Å²) in [5.74, 6) is 0. The summed E-state index contributed by atoms with van der Waals surface area (Å²) >= 11 is 0. The van der Waals surface area contributed by atoms with Crippen molar-refractivity contribution in [1.82, 2.24) is 0 Å². The molecule has 0 aliphatic rings. The van der Waals surface area contributed by atoms with E-state index < -0.39 is 0 Å². The molecule has 0 amide bonds. The van der Waals surface area contributed by atoms with Crippen molar-refractivity contribution in [3.05, 3.63) is 29.0 Å². The van der Waals surface area contributed by atoms with E-state index in [2.05, 4.69) is 20.7 Å². The summed E-state index contributed by atoms with van der Waals surface area (Å²) in [6, 6.07) is 1.53. The van der Waals surface area contributed by atoms with Crippen molar-refractivity contribution in [3.8, 4) is 0 Å². The standard InChI is InChI=1S/C4H2N3O/c5-7-6-4-1-2-8-3-4/h1-2H. The lowest BCUT2D eigenvalue weighted by Crippen LogP contribution is -1.41. The second-order valence-electron chi connectivity index (χ2n) is 1.10. The average molecular weight is 108 g/mol. The lowest BCUT2D eigenvalue weighted by Gasteiger charge is -1.66. The van der Waals surface area contributed by atoms with Gasteiger partial charge in [-0.1, -0.05) is 5.11 Å². The Hall–Kier alpha value is -1.41. The maximum atomic E-state index is 7.83. The molecule has 0 aromatic carbocycles. The van der Waals surface area contributed by atoms with E-state index in [1.807, 2.05) is 0 Å². The Balaban J connectivity index is 2.93. The zero-order valence-corrected chi connectivity index (χ0v) is 3.90. The number of hydrogen-bond donors (Lipinski definition) is 0. The molecule has 4 heteroatoms. The molecule has 1 radical (unpaired) electrons. The molecule has 0 fully saturated rings. The predicted octanol–water partition coefficient (Wildman–Crippen LogP) is 2.02. The van der Waals surface area contributed by atoms with Crippen LogP contribution >= 0.6 is 0 Å². The summed E-state index contributed by atoms with van der Waals surface area (Å²) in [5.41, 5.74) is 8.22. The lowest BCUT2D eigenvalue weighted by atomic mass is 10.6. The molecular weight excluding hydrogens is 106 g/mol. The molecule has 4 nitrogen and oxygen atoms in total. The van der Waals surface area contributed by atoms with Gasteiger partial charge in [0.05, 0.1) is 12.0 Å². The molecule has 8 heavy (non-hydrogen) atoms. The Morgan fingerprint density at radius 3 is 3.25 bits per heavy atom. The average Bonchev–Trinajstić information content (AvgIpc) is 2.19. The first-order valence-corrected chi connectivity index (χ1v) is 1.94. The van der Waals surface area contributed by atoms with E-state index in [4.69, 9.17) is 5.53 Å². The molecule has 0 aliphatic heterocycles. The van der Waals surface area contributed by atoms with Crippen LogP contribution in [0.3, 0.4) is 0 Å². The van der Waals surface area contributed by atoms with Crippen LogP contribution in [-0.2, 0) is 0 Å². The predicted molar refractivity (Wildman–Crippen MR) is 26.4 cm³/mol. The second kappa shape index (κ2) is 2.04. The first-order chi connectivity index (χ1) is 3.93. The maximum absolute atomic E-state index is 7.83. The minimum Gasteiger partial charge on any atom is -0.461 e. The van der Waals surface area contributed by atoms with Crippen LogP contribution in [0, 0.1) is 6.26 Å². The summed E-state index contributed by atoms with van der Waals surface area (Å²) < 4.78 is 4.48. The van der Waals surface area contributed by atoms with Crippen molar-refractivity contribution < 1.29 is 4.42 Å². The van der Waals surface area contributed by atoms with Crippen molar-refractivity contribution in [3.63, 3.8) is 0 Å². The van der Waals surface area contributed by atoms with E-state index in [-0.39, 0.29) is 0 Å². The smallest absolute Gasteiger partial charge is 0.179 e. The van der Waals surface area contributed by atoms with Gasteiger partial charge in [-0.3, -0.25) is 0 Å². The van der Waals surface area contributed by atoms with Crippen molar-refractivity contribution in [2.45, 2.75) is 0 Å². The highest BCUT2D eigenvalue weighted by Gasteiger charge is 1.84. The Bertz CT molecular complexity index is 197. The molecule has 0 unspecified atom stereocenters. The van der Waals surface area contributed by atoms with Gasteiger partial charge in [0.1, 0.15) is 0 Å². The topological polar surface area (TPSA) is 61.9 Å². The van der Waals surface area contributed by atoms with Gasteiger partial charge in [-0.2, -0.15) is 0 Å². The van der Waals surface area contributed by atoms with Crippen LogP contribution in [0.25, 0.3) is 10.4 Å². The minimum absolute atomic E-state index is 0.382. The fraction of sp³-hybridized carbons (Fsp3) is 0. The highest BCUT2D eigenvalue weighted by atomic mass is 16.3. The van der Waals surface area contributed by atoms with E-state index in [1.54, 1.807) is 0 Å². The zero-order valence-electron chi connectivity index (χ0n) is 3.90. The van der Waals surface area contributed by atoms with Crippen molar-refractivity contribution in [2.75, 3.05) is 0 Å². The summed E-state index contributed by atoms with van der Waals surface area (Å²) in [7, 11) is 0. The minimum atomic E-state index is 0.382. The van der Waals surface area contributed by atoms with Gasteiger partial charge in [-0.15, -0.1) is 0 Å². The second-order valence-corrected chi connectivity index (χ2v) is 1.10. The molecular formula is C4H2N3O. The molecule has 0 N–H and O–H groups in total. The third-order valence-corrected chi connectivity index (χ3v) is 0.610. The van der Waals surface area contributed by atoms with E-state index >= 15 is 0 Å². The largest absolute Gasteiger partial charge is 0.461 e. The Morgan fingerprint density at radius 2 is 2.75 bits per heavy atom. The quantitative estimate of drug-likeness (QED) is 0.308. The van der Waals surface area contributed by atoms with Crippen molar-refractivity contribution >= 4 is 5.69 Å². The molecule has 1 aromatic heterocycles. The van der Waals surface area contributed by atoms with Crippen LogP contribution in [0.15, 0.2) is 21.9 Å². The normalized spacial score (nSPS) is 8.00. The van der Waals surface area contributed by atoms with Gasteiger partial charge in [0.2, 0.25) is 0 Å². The molecule has 1 rings (SSSR count). The molecule has 39 valence electrons. The number of hydrogen-bond acceptors (Lipinski definition) is 2. The van der Waals surface area contributed by atoms with Crippen LogP contribution in [0.2, 0.25) is 0 Å². The van der Waals surface area contributed by atoms with Gasteiger partial charge >= 0.3 is 0 Å². The monoisotopic (exact) mass is 108 g/mol. The molecule has 1 heterocycles. The SMILES string of the molecule is [N-]=[N+]=Nc1[c]occ1. The fourth-order valence-electron chi connectivity index (χ4n) is 0.329. The third kappa shape index (κ3) is 0.802. The van der Waals surface area contributed by atoms with Gasteiger partial charge in [-0.05, 0) is 11.6 Å². The first kappa shape index (κ1) is 4.74. The van der Waals surface area contributed by atoms with Gasteiger partial charge in [0, 0.05) is 4.91 Å². The molecule has 0 saturated carbocycles. The molecule has 0 saturated heterocycles. The number of nitrogens with zero attached hydrogens (tertiary/aromatic N) is 3. The van der Waals surface area contributed by atoms with Crippen LogP contribution in [0.5, 0.6) is 0 Å². The maximum Gasteiger partial charge on any atom is 0.179 e. The van der Waals surface area contributed by atoms with E-state index in [0.717, 1.165) is 0 Å². The first-order valence-electron chi connectivity index (χ1n) is 1.94. The molecule has 0 atom stereocenters. The lowest BCUT2D eigenvalue weighted by molar-refractivity contribution is 0.559. The zero-order chi connectivity index (χ0) is 5.82. The van der Waals surface area contributed by atoms with Crippen LogP contribution in [-0.4, -0.2) is 0 Å². The highest BCUT2D eigenvalue weighted by molar-refractivity contribution is 5.28. The van der Waals surface area contributed by atoms with Crippen LogP contribution in [0.4, 0.5) is 5.69 Å². The summed E-state index contributed by atoms with van der Waals surface area (Å²) in [6.07, 6.45) is 3.74. The Kier molecular flexibility index (Phi) is 1.21. The van der Waals surface area contributed by atoms with Crippen LogP contribution in [0.1, 0.15) is 0 Å². The van der Waals surface area contributed by atoms with Gasteiger partial charge in [0.25, 0.3) is 0 Å². The molecule has 1 aromatic rings. The molecule has 0 spiro atoms. The van der Waals surface area contributed by atoms with Crippen molar-refractivity contribution in [1.29, 1.82) is 0 Å². The number of rotatable bonds is 1. The van der Waals surface area contributed by atoms with E-state index in [9.17, 15) is 0 Å². The molecule has 0 bridgehead atoms. The summed E-state index contributed by atoms with van der Waals surface area (Å²) in [5, 5.41) is 3.20. The van der Waals surface area contributed by atoms with E-state index in [0.29, 0.717) is 5.69 Å². The third-order valence-electron chi connectivity index (χ3n) is 0.610. The van der Waals surface area contributed by atoms with Gasteiger partial charge in [0.15, 0.2) is 6.26 Å². The fourth-order valence-corrected chi connectivity index (χ4v) is 0.329. The molecule has 0 aliphatic carbocycles. The van der Waals surface area contributed by atoms with Gasteiger partial charge in [-0.25, -0.2) is 0 Å². The van der Waals surface area contributed by atoms with Crippen molar-refractivity contribution in [2.24, 2.45) is 5.11 Å². The van der Waals surface area contributed by atoms with E-state index in [1.165, 1.54) is 12.3 Å². The van der Waals surface area contributed by atoms with Crippen LogP contribution < -0.4 is 0 Å².